The van der Waals surface area contributed by atoms with Gasteiger partial charge in [0, 0.05) is 43.5 Å². The van der Waals surface area contributed by atoms with Gasteiger partial charge in [-0.1, -0.05) is 58.2 Å². The first-order valence-corrected chi connectivity index (χ1v) is 25.1. The number of nitrogens with zero attached hydrogens (tertiary/aromatic N) is 1. The molecule has 0 heterocycles. The highest BCUT2D eigenvalue weighted by molar-refractivity contribution is 5.93. The molecule has 0 spiro atoms. The van der Waals surface area contributed by atoms with E-state index in [2.05, 4.69) is 82.7 Å². The minimum atomic E-state index is -1.03. The van der Waals surface area contributed by atoms with Gasteiger partial charge < -0.3 is 30.1 Å². The Balaban J connectivity index is 0.848. The van der Waals surface area contributed by atoms with Gasteiger partial charge in [0.1, 0.15) is 5.60 Å². The monoisotopic (exact) mass is 864 g/mol. The number of aliphatic hydroxyl groups excluding tert-OH is 2. The van der Waals surface area contributed by atoms with Crippen molar-refractivity contribution in [1.82, 2.24) is 0 Å². The van der Waals surface area contributed by atoms with Gasteiger partial charge >= 0.3 is 5.97 Å². The Labute approximate surface area is 377 Å². The third-order valence-electron chi connectivity index (χ3n) is 20.5. The SMILES string of the molecule is CC#C[C@]1(O)[C@H](C)C[C@H]2[C@@H]3CCC4=CC(=O)CCC4=C3[C@@H](c3ccc(N(C)CCO[C@H]4CC[C@@]5(C)[C@@H](C4)C[C@@H](O)[C@@H]4[C@@H]5C[C@H](O)[C@]5(C)[C@@H]([C@H](C)CCC(=O)O)CC[C@@H]45)cc3)C[C@@]21C. The topological polar surface area (TPSA) is 128 Å². The number of anilines is 1. The number of aliphatic carboxylic acids is 1. The van der Waals surface area contributed by atoms with E-state index in [0.717, 1.165) is 89.3 Å². The number of likely N-dealkylation sites (N-methyl/N-ethyl adjacent to an activating group) is 1. The second-order valence-electron chi connectivity index (χ2n) is 23.1. The lowest BCUT2D eigenvalue weighted by molar-refractivity contribution is -0.209. The molecule has 0 saturated heterocycles. The second kappa shape index (κ2) is 16.7. The molecule has 0 aromatic heterocycles. The van der Waals surface area contributed by atoms with Crippen molar-refractivity contribution in [2.75, 3.05) is 25.1 Å². The standard InChI is InChI=1S/C55H77NO7/c1-8-22-55(62)33(3)26-45-41-16-12-35-27-38(57)15-17-40(35)50(41)42(31-53(45,55)5)34-10-13-37(14-11-34)56(7)24-25-63-39-21-23-52(4)36(28-39)29-47(58)51-44-19-18-43(32(2)9-20-49(60)61)54(44,6)48(59)30-46(51)52/h10-11,13-14,27,32-33,36,39,41-48,51,58-59,62H,9,12,15-21,23-26,28-31H2,1-7H3,(H,60,61)/t32-,33-,36+,39+,41+,42-,43-,44+,45+,46+,47-,48+,51+,52+,53+,54-,55+/m1/s1. The molecule has 0 radical (unpaired) electrons. The highest BCUT2D eigenvalue weighted by Gasteiger charge is 2.67. The fourth-order valence-electron chi connectivity index (χ4n) is 17.0. The van der Waals surface area contributed by atoms with Gasteiger partial charge in [-0.25, -0.2) is 0 Å². The Bertz CT molecular complexity index is 2060. The van der Waals surface area contributed by atoms with Crippen LogP contribution in [0.4, 0.5) is 5.69 Å². The number of carbonyl (C=O) groups is 2. The number of rotatable bonds is 10. The van der Waals surface area contributed by atoms with Crippen LogP contribution in [0.2, 0.25) is 0 Å². The average Bonchev–Trinajstić information content (AvgIpc) is 3.71. The predicted octanol–water partition coefficient (Wildman–Crippen LogP) is 9.51. The Morgan fingerprint density at radius 3 is 2.46 bits per heavy atom. The molecular formula is C55H77NO7. The molecule has 8 heteroatoms. The van der Waals surface area contributed by atoms with E-state index in [4.69, 9.17) is 4.74 Å². The molecule has 63 heavy (non-hydrogen) atoms. The van der Waals surface area contributed by atoms with Crippen molar-refractivity contribution in [2.24, 2.45) is 69.5 Å². The van der Waals surface area contributed by atoms with E-state index < -0.39 is 17.7 Å². The number of hydrogen-bond acceptors (Lipinski definition) is 7. The van der Waals surface area contributed by atoms with Crippen molar-refractivity contribution in [2.45, 2.75) is 168 Å². The fourth-order valence-corrected chi connectivity index (χ4v) is 17.0. The van der Waals surface area contributed by atoms with Crippen molar-refractivity contribution in [3.05, 3.63) is 52.6 Å². The lowest BCUT2D eigenvalue weighted by Crippen LogP contribution is -2.62. The third kappa shape index (κ3) is 7.23. The van der Waals surface area contributed by atoms with Gasteiger partial charge in [-0.15, -0.1) is 5.92 Å². The molecule has 6 saturated carbocycles. The van der Waals surface area contributed by atoms with Crippen LogP contribution in [-0.2, 0) is 14.3 Å². The first-order chi connectivity index (χ1) is 29.9. The summed E-state index contributed by atoms with van der Waals surface area (Å²) >= 11 is 0. The van der Waals surface area contributed by atoms with Crippen LogP contribution in [0, 0.1) is 81.3 Å². The molecule has 0 amide bonds. The van der Waals surface area contributed by atoms with Crippen molar-refractivity contribution in [3.63, 3.8) is 0 Å². The number of carboxylic acids is 1. The summed E-state index contributed by atoms with van der Waals surface area (Å²) in [6.07, 6.45) is 13.8. The molecule has 4 N–H and O–H groups in total. The van der Waals surface area contributed by atoms with Gasteiger partial charge in [0.25, 0.3) is 0 Å². The van der Waals surface area contributed by atoms with Crippen LogP contribution >= 0.6 is 0 Å². The van der Waals surface area contributed by atoms with Crippen molar-refractivity contribution in [3.8, 4) is 11.8 Å². The summed E-state index contributed by atoms with van der Waals surface area (Å²) in [6, 6.07) is 9.12. The molecule has 0 unspecified atom stereocenters. The number of benzene rings is 1. The maximum absolute atomic E-state index is 12.6. The lowest BCUT2D eigenvalue weighted by Gasteiger charge is -2.63. The van der Waals surface area contributed by atoms with Gasteiger partial charge in [-0.3, -0.25) is 9.59 Å². The van der Waals surface area contributed by atoms with E-state index in [1.165, 1.54) is 22.3 Å². The van der Waals surface area contributed by atoms with Crippen LogP contribution in [0.1, 0.15) is 149 Å². The van der Waals surface area contributed by atoms with Gasteiger partial charge in [0.2, 0.25) is 0 Å². The highest BCUT2D eigenvalue weighted by Crippen LogP contribution is 2.70. The minimum absolute atomic E-state index is 0.0626. The van der Waals surface area contributed by atoms with E-state index >= 15 is 0 Å². The summed E-state index contributed by atoms with van der Waals surface area (Å²) in [7, 11) is 2.14. The summed E-state index contributed by atoms with van der Waals surface area (Å²) < 4.78 is 6.68. The molecule has 8 aliphatic carbocycles. The molecular weight excluding hydrogens is 787 g/mol. The van der Waals surface area contributed by atoms with Crippen LogP contribution in [0.15, 0.2) is 47.1 Å². The van der Waals surface area contributed by atoms with Crippen molar-refractivity contribution < 1.29 is 34.8 Å². The summed E-state index contributed by atoms with van der Waals surface area (Å²) in [5.74, 6) is 8.58. The Kier molecular flexibility index (Phi) is 12.0. The zero-order valence-electron chi connectivity index (χ0n) is 39.4. The Morgan fingerprint density at radius 1 is 0.968 bits per heavy atom. The number of ketones is 1. The van der Waals surface area contributed by atoms with E-state index in [9.17, 15) is 30.0 Å². The summed E-state index contributed by atoms with van der Waals surface area (Å²) in [5, 5.41) is 45.7. The van der Waals surface area contributed by atoms with Crippen LogP contribution in [0.3, 0.4) is 0 Å². The molecule has 6 fully saturated rings. The molecule has 9 rings (SSSR count). The zero-order chi connectivity index (χ0) is 44.8. The maximum atomic E-state index is 12.6. The molecule has 8 nitrogen and oxygen atoms in total. The first-order valence-electron chi connectivity index (χ1n) is 25.1. The zero-order valence-corrected chi connectivity index (χ0v) is 39.4. The summed E-state index contributed by atoms with van der Waals surface area (Å²) in [5.41, 5.74) is 5.08. The van der Waals surface area contributed by atoms with Crippen LogP contribution in [0.5, 0.6) is 0 Å². The minimum Gasteiger partial charge on any atom is -0.481 e. The van der Waals surface area contributed by atoms with Gasteiger partial charge in [0.15, 0.2) is 5.78 Å². The largest absolute Gasteiger partial charge is 0.481 e. The highest BCUT2D eigenvalue weighted by atomic mass is 16.5. The average molecular weight is 864 g/mol. The quantitative estimate of drug-likeness (QED) is 0.172. The number of allylic oxidation sites excluding steroid dienone is 4. The number of carbonyl (C=O) groups excluding carboxylic acids is 1. The molecule has 0 aliphatic heterocycles. The number of carboxylic acid groups (broad SMARTS) is 1. The first kappa shape index (κ1) is 45.2. The van der Waals surface area contributed by atoms with Crippen LogP contribution in [0.25, 0.3) is 0 Å². The Hall–Kier alpha value is -2.96. The number of aliphatic hydroxyl groups is 3. The maximum Gasteiger partial charge on any atom is 0.303 e. The van der Waals surface area contributed by atoms with Crippen molar-refractivity contribution in [1.29, 1.82) is 0 Å². The van der Waals surface area contributed by atoms with Gasteiger partial charge in [-0.2, -0.15) is 0 Å². The van der Waals surface area contributed by atoms with E-state index in [-0.39, 0.29) is 82.1 Å². The Morgan fingerprint density at radius 2 is 1.73 bits per heavy atom. The predicted molar refractivity (Wildman–Crippen MR) is 247 cm³/mol. The molecule has 17 atom stereocenters. The molecule has 8 aliphatic rings. The van der Waals surface area contributed by atoms with Crippen LogP contribution in [-0.4, -0.2) is 76.3 Å². The van der Waals surface area contributed by atoms with E-state index in [0.29, 0.717) is 37.2 Å². The number of fused-ring (bicyclic) bond motifs is 9. The second-order valence-corrected chi connectivity index (χ2v) is 23.1. The molecule has 0 bridgehead atoms. The molecule has 1 aromatic rings. The normalized spacial score (nSPS) is 44.4. The molecule has 344 valence electrons. The lowest BCUT2D eigenvalue weighted by atomic mass is 9.43. The van der Waals surface area contributed by atoms with Gasteiger partial charge in [-0.05, 0) is 189 Å². The molecule has 1 aromatic carbocycles. The number of ether oxygens (including phenoxy) is 1. The van der Waals surface area contributed by atoms with Gasteiger partial charge in [0.05, 0.1) is 24.9 Å². The third-order valence-corrected chi connectivity index (χ3v) is 20.5. The van der Waals surface area contributed by atoms with E-state index in [1.54, 1.807) is 0 Å². The smallest absolute Gasteiger partial charge is 0.303 e. The van der Waals surface area contributed by atoms with E-state index in [1.807, 2.05) is 13.0 Å². The number of hydrogen-bond donors (Lipinski definition) is 4. The van der Waals surface area contributed by atoms with Crippen LogP contribution < -0.4 is 4.90 Å². The summed E-state index contributed by atoms with van der Waals surface area (Å²) in [4.78, 5) is 26.3. The van der Waals surface area contributed by atoms with Crippen molar-refractivity contribution >= 4 is 17.4 Å². The fraction of sp³-hybridized carbons (Fsp3) is 0.745. The summed E-state index contributed by atoms with van der Waals surface area (Å²) in [6.45, 7) is 14.6.